The molecule has 1 aromatic carbocycles. The van der Waals surface area contributed by atoms with Crippen LogP contribution in [0.5, 0.6) is 0 Å². The molecule has 3 amide bonds. The molecule has 0 radical (unpaired) electrons. The molecule has 192 valence electrons. The summed E-state index contributed by atoms with van der Waals surface area (Å²) in [4.78, 5) is 51.4. The summed E-state index contributed by atoms with van der Waals surface area (Å²) in [5.41, 5.74) is -0.769. The summed E-state index contributed by atoms with van der Waals surface area (Å²) < 4.78 is 42.9. The van der Waals surface area contributed by atoms with Crippen LogP contribution in [0.2, 0.25) is 5.02 Å². The fourth-order valence-corrected chi connectivity index (χ4v) is 5.19. The fraction of sp³-hybridized carbons (Fsp3) is 0.417. The Balaban J connectivity index is 1.63. The van der Waals surface area contributed by atoms with Gasteiger partial charge in [0.2, 0.25) is 5.91 Å². The molecule has 0 unspecified atom stereocenters. The Hall–Kier alpha value is -3.34. The number of ketones is 1. The minimum Gasteiger partial charge on any atom is -0.357 e. The first-order chi connectivity index (χ1) is 16.8. The van der Waals surface area contributed by atoms with E-state index in [-0.39, 0.29) is 33.1 Å². The van der Waals surface area contributed by atoms with E-state index in [0.717, 1.165) is 6.07 Å². The zero-order chi connectivity index (χ0) is 26.6. The average molecular weight is 525 g/mol. The van der Waals surface area contributed by atoms with E-state index in [1.54, 1.807) is 4.57 Å². The number of anilines is 1. The zero-order valence-electron chi connectivity index (χ0n) is 19.8. The molecule has 2 aliphatic rings. The number of benzene rings is 1. The van der Waals surface area contributed by atoms with Gasteiger partial charge in [0.25, 0.3) is 23.5 Å². The van der Waals surface area contributed by atoms with E-state index in [1.165, 1.54) is 27.0 Å². The van der Waals surface area contributed by atoms with Gasteiger partial charge < -0.3 is 20.5 Å². The number of Topliss-reactive ketones (excluding diaryl/α,β-unsaturated/α-hetero) is 1. The van der Waals surface area contributed by atoms with E-state index in [2.05, 4.69) is 16.0 Å². The molecule has 0 spiro atoms. The standard InChI is InChI=1S/C24H24ClF3N4O4/c1-11-14(25)7-13(8-15(11)26)30-20(34)18-12(2)17(16-5-4-6-32(16)18)19(33)21(35)31-23(22(36)29-3)9-24(27,28)10-23/h7-8H,4-6,9-10H2,1-3H3,(H,29,36)(H,30,34)(H,31,35). The lowest BCUT2D eigenvalue weighted by Crippen LogP contribution is -2.69. The van der Waals surface area contributed by atoms with Crippen LogP contribution >= 0.6 is 11.6 Å². The predicted octanol–water partition coefficient (Wildman–Crippen LogP) is 3.31. The van der Waals surface area contributed by atoms with Crippen molar-refractivity contribution in [2.45, 2.75) is 57.5 Å². The van der Waals surface area contributed by atoms with Gasteiger partial charge in [0.1, 0.15) is 17.1 Å². The highest BCUT2D eigenvalue weighted by molar-refractivity contribution is 6.44. The number of carbonyl (C=O) groups is 4. The number of fused-ring (bicyclic) bond motifs is 1. The Labute approximate surface area is 209 Å². The van der Waals surface area contributed by atoms with Crippen LogP contribution in [0.15, 0.2) is 12.1 Å². The summed E-state index contributed by atoms with van der Waals surface area (Å²) in [5.74, 6) is -7.43. The maximum absolute atomic E-state index is 14.1. The number of aromatic nitrogens is 1. The third-order valence-corrected chi connectivity index (χ3v) is 7.12. The van der Waals surface area contributed by atoms with Crippen molar-refractivity contribution >= 4 is 40.8 Å². The molecule has 36 heavy (non-hydrogen) atoms. The Morgan fingerprint density at radius 1 is 1.08 bits per heavy atom. The van der Waals surface area contributed by atoms with Crippen LogP contribution in [0.25, 0.3) is 0 Å². The first-order valence-electron chi connectivity index (χ1n) is 11.3. The molecule has 1 saturated carbocycles. The summed E-state index contributed by atoms with van der Waals surface area (Å²) in [6, 6.07) is 2.52. The van der Waals surface area contributed by atoms with Crippen molar-refractivity contribution in [3.63, 3.8) is 0 Å². The monoisotopic (exact) mass is 524 g/mol. The van der Waals surface area contributed by atoms with Crippen molar-refractivity contribution < 1.29 is 32.3 Å². The second-order valence-electron chi connectivity index (χ2n) is 9.22. The Bertz CT molecular complexity index is 1290. The molecule has 2 heterocycles. The van der Waals surface area contributed by atoms with E-state index >= 15 is 0 Å². The lowest BCUT2D eigenvalue weighted by Gasteiger charge is -2.45. The molecule has 1 aromatic heterocycles. The topological polar surface area (TPSA) is 109 Å². The van der Waals surface area contributed by atoms with Crippen LogP contribution in [-0.4, -0.2) is 46.6 Å². The first-order valence-corrected chi connectivity index (χ1v) is 11.6. The van der Waals surface area contributed by atoms with Gasteiger partial charge in [0.15, 0.2) is 0 Å². The van der Waals surface area contributed by atoms with Crippen LogP contribution in [0.3, 0.4) is 0 Å². The number of nitrogens with one attached hydrogen (secondary N) is 3. The van der Waals surface area contributed by atoms with Crippen LogP contribution < -0.4 is 16.0 Å². The van der Waals surface area contributed by atoms with Crippen molar-refractivity contribution in [2.24, 2.45) is 0 Å². The summed E-state index contributed by atoms with van der Waals surface area (Å²) in [7, 11) is 1.25. The van der Waals surface area contributed by atoms with E-state index in [1.807, 2.05) is 0 Å². The second-order valence-corrected chi connectivity index (χ2v) is 9.63. The van der Waals surface area contributed by atoms with Crippen LogP contribution in [0, 0.1) is 19.7 Å². The van der Waals surface area contributed by atoms with Gasteiger partial charge in [-0.1, -0.05) is 11.6 Å². The normalized spacial score (nSPS) is 17.1. The number of rotatable bonds is 6. The number of halogens is 4. The number of hydrogen-bond donors (Lipinski definition) is 3. The summed E-state index contributed by atoms with van der Waals surface area (Å²) in [5, 5.41) is 7.15. The number of hydrogen-bond acceptors (Lipinski definition) is 4. The lowest BCUT2D eigenvalue weighted by molar-refractivity contribution is -0.164. The molecule has 8 nitrogen and oxygen atoms in total. The molecule has 1 fully saturated rings. The molecule has 0 bridgehead atoms. The van der Waals surface area contributed by atoms with E-state index < -0.39 is 53.6 Å². The Kier molecular flexibility index (Phi) is 6.40. The van der Waals surface area contributed by atoms with E-state index in [9.17, 15) is 32.3 Å². The first kappa shape index (κ1) is 25.7. The highest BCUT2D eigenvalue weighted by atomic mass is 35.5. The number of carbonyl (C=O) groups excluding carboxylic acids is 4. The van der Waals surface area contributed by atoms with Gasteiger partial charge in [-0.3, -0.25) is 19.2 Å². The summed E-state index contributed by atoms with van der Waals surface area (Å²) >= 11 is 6.01. The maximum Gasteiger partial charge on any atom is 0.293 e. The number of likely N-dealkylation sites (N-methyl/N-ethyl adjacent to an activating group) is 1. The third-order valence-electron chi connectivity index (χ3n) is 6.73. The van der Waals surface area contributed by atoms with Crippen molar-refractivity contribution in [1.82, 2.24) is 15.2 Å². The molecule has 1 aliphatic heterocycles. The van der Waals surface area contributed by atoms with E-state index in [4.69, 9.17) is 11.6 Å². The van der Waals surface area contributed by atoms with Crippen LogP contribution in [0.4, 0.5) is 18.9 Å². The molecule has 0 atom stereocenters. The maximum atomic E-state index is 14.1. The summed E-state index contributed by atoms with van der Waals surface area (Å²) in [6.45, 7) is 3.40. The van der Waals surface area contributed by atoms with Crippen molar-refractivity contribution in [3.8, 4) is 0 Å². The van der Waals surface area contributed by atoms with Gasteiger partial charge in [0, 0.05) is 48.4 Å². The summed E-state index contributed by atoms with van der Waals surface area (Å²) in [6.07, 6.45) is -0.826. The second kappa shape index (κ2) is 8.95. The zero-order valence-corrected chi connectivity index (χ0v) is 20.5. The molecule has 1 aliphatic carbocycles. The van der Waals surface area contributed by atoms with Crippen molar-refractivity contribution in [2.75, 3.05) is 12.4 Å². The van der Waals surface area contributed by atoms with Crippen molar-refractivity contribution in [3.05, 3.63) is 51.1 Å². The van der Waals surface area contributed by atoms with Gasteiger partial charge in [-0.25, -0.2) is 13.2 Å². The van der Waals surface area contributed by atoms with Crippen LogP contribution in [0.1, 0.15) is 56.9 Å². The van der Waals surface area contributed by atoms with Gasteiger partial charge in [-0.2, -0.15) is 0 Å². The van der Waals surface area contributed by atoms with Crippen molar-refractivity contribution in [1.29, 1.82) is 0 Å². The van der Waals surface area contributed by atoms with Gasteiger partial charge in [-0.15, -0.1) is 0 Å². The minimum atomic E-state index is -3.14. The molecule has 2 aromatic rings. The SMILES string of the molecule is CNC(=O)C1(NC(=O)C(=O)c2c(C)c(C(=O)Nc3cc(F)c(C)c(Cl)c3)n3c2CCC3)CC(F)(F)C1. The number of amides is 3. The lowest BCUT2D eigenvalue weighted by atomic mass is 9.72. The highest BCUT2D eigenvalue weighted by Gasteiger charge is 2.62. The van der Waals surface area contributed by atoms with Gasteiger partial charge in [0.05, 0.1) is 5.56 Å². The molecular weight excluding hydrogens is 501 g/mol. The molecular formula is C24H24ClF3N4O4. The van der Waals surface area contributed by atoms with Gasteiger partial charge in [-0.05, 0) is 44.4 Å². The van der Waals surface area contributed by atoms with Gasteiger partial charge >= 0.3 is 0 Å². The highest BCUT2D eigenvalue weighted by Crippen LogP contribution is 2.46. The Morgan fingerprint density at radius 2 is 1.75 bits per heavy atom. The number of nitrogens with zero attached hydrogens (tertiary/aromatic N) is 1. The van der Waals surface area contributed by atoms with Crippen LogP contribution in [-0.2, 0) is 22.6 Å². The van der Waals surface area contributed by atoms with E-state index in [0.29, 0.717) is 25.1 Å². The molecule has 12 heteroatoms. The molecule has 0 saturated heterocycles. The Morgan fingerprint density at radius 3 is 2.33 bits per heavy atom. The molecule has 4 rings (SSSR count). The largest absolute Gasteiger partial charge is 0.357 e. The number of alkyl halides is 2. The minimum absolute atomic E-state index is 0.0126. The smallest absolute Gasteiger partial charge is 0.293 e. The fourth-order valence-electron chi connectivity index (χ4n) is 4.98. The third kappa shape index (κ3) is 4.25. The molecule has 3 N–H and O–H groups in total. The average Bonchev–Trinajstić information content (AvgIpc) is 3.34. The predicted molar refractivity (Wildman–Crippen MR) is 125 cm³/mol. The quantitative estimate of drug-likeness (QED) is 0.398.